The van der Waals surface area contributed by atoms with E-state index < -0.39 is 10.1 Å². The molecule has 0 aromatic rings. The third kappa shape index (κ3) is 1.77. The minimum absolute atomic E-state index is 0.0185. The molecule has 0 amide bonds. The lowest BCUT2D eigenvalue weighted by atomic mass is 10.1. The molecule has 1 fully saturated rings. The smallest absolute Gasteiger partial charge is 0.267 e. The highest BCUT2D eigenvalue weighted by Crippen LogP contribution is 2.31. The molecule has 5 heteroatoms. The number of ether oxygens (including phenoxy) is 1. The molecule has 0 spiro atoms. The van der Waals surface area contributed by atoms with Crippen LogP contribution in [0.2, 0.25) is 0 Å². The molecule has 0 aromatic heterocycles. The second-order valence-corrected chi connectivity index (χ2v) is 5.13. The Morgan fingerprint density at radius 3 is 2.77 bits per heavy atom. The van der Waals surface area contributed by atoms with Crippen molar-refractivity contribution in [2.75, 3.05) is 5.75 Å². The minimum atomic E-state index is -3.34. The first-order valence-corrected chi connectivity index (χ1v) is 5.93. The molecule has 2 heterocycles. The summed E-state index contributed by atoms with van der Waals surface area (Å²) >= 11 is 0. The Bertz CT molecular complexity index is 319. The first-order valence-electron chi connectivity index (χ1n) is 4.35. The van der Waals surface area contributed by atoms with Gasteiger partial charge in [0.25, 0.3) is 10.1 Å². The van der Waals surface area contributed by atoms with E-state index in [4.69, 9.17) is 8.92 Å². The normalized spacial score (nSPS) is 37.2. The lowest BCUT2D eigenvalue weighted by molar-refractivity contribution is 0.0824. The molecule has 3 atom stereocenters. The maximum absolute atomic E-state index is 11.1. The van der Waals surface area contributed by atoms with E-state index in [1.807, 2.05) is 12.2 Å². The molecule has 2 aliphatic rings. The Balaban J connectivity index is 2.02. The zero-order valence-corrected chi connectivity index (χ0v) is 8.16. The van der Waals surface area contributed by atoms with Gasteiger partial charge in [0, 0.05) is 6.42 Å². The van der Waals surface area contributed by atoms with Gasteiger partial charge in [0.15, 0.2) is 0 Å². The Hall–Kier alpha value is -0.390. The molecule has 3 unspecified atom stereocenters. The molecule has 0 radical (unpaired) electrons. The second-order valence-electron chi connectivity index (χ2n) is 3.24. The van der Waals surface area contributed by atoms with Gasteiger partial charge in [-0.3, -0.25) is 4.18 Å². The van der Waals surface area contributed by atoms with Crippen LogP contribution >= 0.6 is 0 Å². The molecule has 2 rings (SSSR count). The van der Waals surface area contributed by atoms with E-state index >= 15 is 0 Å². The molecule has 0 saturated carbocycles. The highest BCUT2D eigenvalue weighted by molar-refractivity contribution is 7.86. The van der Waals surface area contributed by atoms with Gasteiger partial charge < -0.3 is 4.74 Å². The molecule has 1 saturated heterocycles. The average Bonchev–Trinajstić information content (AvgIpc) is 2.64. The second kappa shape index (κ2) is 3.08. The summed E-state index contributed by atoms with van der Waals surface area (Å²) in [5.41, 5.74) is 0. The third-order valence-electron chi connectivity index (χ3n) is 2.30. The summed E-state index contributed by atoms with van der Waals surface area (Å²) in [6.45, 7) is 1.57. The average molecular weight is 204 g/mol. The van der Waals surface area contributed by atoms with Gasteiger partial charge in [-0.05, 0) is 6.92 Å². The van der Waals surface area contributed by atoms with E-state index in [0.717, 1.165) is 0 Å². The van der Waals surface area contributed by atoms with Crippen molar-refractivity contribution >= 4 is 10.1 Å². The lowest BCUT2D eigenvalue weighted by Gasteiger charge is -2.14. The third-order valence-corrected chi connectivity index (χ3v) is 3.55. The predicted octanol–water partition coefficient (Wildman–Crippen LogP) is 0.449. The largest absolute Gasteiger partial charge is 0.364 e. The number of rotatable bonds is 3. The summed E-state index contributed by atoms with van der Waals surface area (Å²) in [5, 5.41) is 0. The van der Waals surface area contributed by atoms with E-state index in [0.29, 0.717) is 6.42 Å². The molecule has 4 nitrogen and oxygen atoms in total. The number of hydrogen-bond donors (Lipinski definition) is 0. The first kappa shape index (κ1) is 9.18. The van der Waals surface area contributed by atoms with Gasteiger partial charge in [0.1, 0.15) is 12.2 Å². The summed E-state index contributed by atoms with van der Waals surface area (Å²) < 4.78 is 32.6. The molecule has 0 aliphatic carbocycles. The van der Waals surface area contributed by atoms with Crippen LogP contribution < -0.4 is 0 Å². The van der Waals surface area contributed by atoms with Gasteiger partial charge >= 0.3 is 0 Å². The Morgan fingerprint density at radius 1 is 1.54 bits per heavy atom. The minimum Gasteiger partial charge on any atom is -0.364 e. The Labute approximate surface area is 77.7 Å². The van der Waals surface area contributed by atoms with Crippen LogP contribution in [-0.4, -0.2) is 32.5 Å². The van der Waals surface area contributed by atoms with Crippen molar-refractivity contribution < 1.29 is 17.3 Å². The van der Waals surface area contributed by atoms with Crippen molar-refractivity contribution in [1.29, 1.82) is 0 Å². The van der Waals surface area contributed by atoms with E-state index in [1.54, 1.807) is 6.92 Å². The zero-order valence-electron chi connectivity index (χ0n) is 7.34. The van der Waals surface area contributed by atoms with Crippen LogP contribution in [0.4, 0.5) is 0 Å². The summed E-state index contributed by atoms with van der Waals surface area (Å²) in [7, 11) is -3.34. The summed E-state index contributed by atoms with van der Waals surface area (Å²) in [4.78, 5) is 0. The standard InChI is InChI=1S/C8H12O4S/c1-2-13(9,10)12-8-5-6-3-4-7(8)11-6/h3-4,6-8H,2,5H2,1H3. The molecule has 74 valence electrons. The van der Waals surface area contributed by atoms with Crippen molar-refractivity contribution in [3.8, 4) is 0 Å². The van der Waals surface area contributed by atoms with Crippen LogP contribution in [0.15, 0.2) is 12.2 Å². The molecule has 0 aromatic carbocycles. The fourth-order valence-electron chi connectivity index (χ4n) is 1.59. The van der Waals surface area contributed by atoms with Crippen LogP contribution in [0.3, 0.4) is 0 Å². The fraction of sp³-hybridized carbons (Fsp3) is 0.750. The maximum Gasteiger partial charge on any atom is 0.267 e. The van der Waals surface area contributed by atoms with Crippen molar-refractivity contribution in [1.82, 2.24) is 0 Å². The monoisotopic (exact) mass is 204 g/mol. The SMILES string of the molecule is CCS(=O)(=O)OC1CC2C=CC1O2. The maximum atomic E-state index is 11.1. The fourth-order valence-corrected chi connectivity index (χ4v) is 2.29. The van der Waals surface area contributed by atoms with E-state index in [1.165, 1.54) is 0 Å². The lowest BCUT2D eigenvalue weighted by Crippen LogP contribution is -2.27. The van der Waals surface area contributed by atoms with E-state index in [-0.39, 0.29) is 24.1 Å². The topological polar surface area (TPSA) is 52.6 Å². The van der Waals surface area contributed by atoms with E-state index in [2.05, 4.69) is 0 Å². The van der Waals surface area contributed by atoms with Crippen molar-refractivity contribution in [2.45, 2.75) is 31.7 Å². The number of fused-ring (bicyclic) bond motifs is 2. The molecule has 0 N–H and O–H groups in total. The molecule has 2 bridgehead atoms. The van der Waals surface area contributed by atoms with Crippen LogP contribution in [0.25, 0.3) is 0 Å². The van der Waals surface area contributed by atoms with Gasteiger partial charge in [-0.1, -0.05) is 12.2 Å². The van der Waals surface area contributed by atoms with Gasteiger partial charge in [-0.2, -0.15) is 8.42 Å². The van der Waals surface area contributed by atoms with Crippen LogP contribution in [0.5, 0.6) is 0 Å². The Kier molecular flexibility index (Phi) is 2.17. The summed E-state index contributed by atoms with van der Waals surface area (Å²) in [5.74, 6) is 0.0185. The molecule has 2 aliphatic heterocycles. The van der Waals surface area contributed by atoms with Gasteiger partial charge in [-0.15, -0.1) is 0 Å². The molecular formula is C8H12O4S. The highest BCUT2D eigenvalue weighted by Gasteiger charge is 2.39. The Morgan fingerprint density at radius 2 is 2.31 bits per heavy atom. The van der Waals surface area contributed by atoms with Gasteiger partial charge in [0.2, 0.25) is 0 Å². The van der Waals surface area contributed by atoms with Gasteiger partial charge in [0.05, 0.1) is 11.9 Å². The van der Waals surface area contributed by atoms with Crippen LogP contribution in [-0.2, 0) is 19.0 Å². The quantitative estimate of drug-likeness (QED) is 0.494. The first-order chi connectivity index (χ1) is 6.11. The predicted molar refractivity (Wildman–Crippen MR) is 46.8 cm³/mol. The number of hydrogen-bond acceptors (Lipinski definition) is 4. The van der Waals surface area contributed by atoms with Crippen molar-refractivity contribution in [2.24, 2.45) is 0 Å². The molecule has 13 heavy (non-hydrogen) atoms. The van der Waals surface area contributed by atoms with E-state index in [9.17, 15) is 8.42 Å². The molecular weight excluding hydrogens is 192 g/mol. The van der Waals surface area contributed by atoms with Crippen LogP contribution in [0.1, 0.15) is 13.3 Å². The summed E-state index contributed by atoms with van der Waals surface area (Å²) in [6, 6.07) is 0. The highest BCUT2D eigenvalue weighted by atomic mass is 32.2. The van der Waals surface area contributed by atoms with Crippen LogP contribution in [0, 0.1) is 0 Å². The van der Waals surface area contributed by atoms with Gasteiger partial charge in [-0.25, -0.2) is 0 Å². The van der Waals surface area contributed by atoms with Crippen molar-refractivity contribution in [3.63, 3.8) is 0 Å². The van der Waals surface area contributed by atoms with Crippen molar-refractivity contribution in [3.05, 3.63) is 12.2 Å². The zero-order chi connectivity index (χ0) is 9.47. The summed E-state index contributed by atoms with van der Waals surface area (Å²) in [6.07, 6.45) is 4.06.